The molecule has 0 unspecified atom stereocenters. The topological polar surface area (TPSA) is 125 Å². The van der Waals surface area contributed by atoms with Gasteiger partial charge in [0.25, 0.3) is 0 Å². The van der Waals surface area contributed by atoms with Crippen molar-refractivity contribution in [3.8, 4) is 34.5 Å². The number of aromatic hydroxyl groups is 6. The summed E-state index contributed by atoms with van der Waals surface area (Å²) in [5.41, 5.74) is 4.51. The third kappa shape index (κ3) is 3.18. The maximum atomic E-state index is 10.2. The zero-order valence-electron chi connectivity index (χ0n) is 16.7. The van der Waals surface area contributed by atoms with E-state index >= 15 is 0 Å². The molecule has 0 aliphatic carbocycles. The summed E-state index contributed by atoms with van der Waals surface area (Å²) >= 11 is 0. The standard InChI is InChI=1S/C24H23NO6/c26-19-2-1-12(6-20(19)27)5-17-16-11-24(31)22(29)9-14(16)7-18-15-10-23(30)21(28)8-13(15)3-4-25(17)18/h1-2,6,8-11,17-18,26-31H,3-5,7H2/t17-,18+/m0/s1. The maximum Gasteiger partial charge on any atom is 0.157 e. The van der Waals surface area contributed by atoms with E-state index in [0.29, 0.717) is 25.8 Å². The highest BCUT2D eigenvalue weighted by Crippen LogP contribution is 2.49. The molecule has 0 spiro atoms. The van der Waals surface area contributed by atoms with Gasteiger partial charge in [0.2, 0.25) is 0 Å². The molecular formula is C24H23NO6. The first-order valence-electron chi connectivity index (χ1n) is 10.2. The Morgan fingerprint density at radius 3 is 2.00 bits per heavy atom. The van der Waals surface area contributed by atoms with Gasteiger partial charge in [0.15, 0.2) is 34.5 Å². The summed E-state index contributed by atoms with van der Waals surface area (Å²) < 4.78 is 0. The molecule has 7 heteroatoms. The summed E-state index contributed by atoms with van der Waals surface area (Å²) in [4.78, 5) is 2.29. The van der Waals surface area contributed by atoms with Gasteiger partial charge in [-0.2, -0.15) is 0 Å². The van der Waals surface area contributed by atoms with E-state index in [-0.39, 0.29) is 46.6 Å². The number of benzene rings is 3. The summed E-state index contributed by atoms with van der Waals surface area (Å²) in [6, 6.07) is 10.9. The molecule has 6 N–H and O–H groups in total. The second kappa shape index (κ2) is 6.99. The van der Waals surface area contributed by atoms with Crippen molar-refractivity contribution in [1.29, 1.82) is 0 Å². The SMILES string of the molecule is Oc1ccc(C[C@H]2c3cc(O)c(O)cc3C[C@@H]3c4cc(O)c(O)cc4CCN32)cc1O. The van der Waals surface area contributed by atoms with Gasteiger partial charge in [-0.25, -0.2) is 0 Å². The van der Waals surface area contributed by atoms with Crippen molar-refractivity contribution < 1.29 is 30.6 Å². The molecule has 2 aliphatic heterocycles. The predicted octanol–water partition coefficient (Wildman–Crippen LogP) is 3.36. The molecule has 0 saturated carbocycles. The molecule has 160 valence electrons. The molecule has 0 aromatic heterocycles. The average Bonchev–Trinajstić information content (AvgIpc) is 2.73. The summed E-state index contributed by atoms with van der Waals surface area (Å²) in [6.45, 7) is 0.706. The van der Waals surface area contributed by atoms with Crippen LogP contribution in [0.3, 0.4) is 0 Å². The van der Waals surface area contributed by atoms with Crippen LogP contribution in [0.2, 0.25) is 0 Å². The number of phenolic OH excluding ortho intramolecular Hbond substituents is 6. The highest BCUT2D eigenvalue weighted by molar-refractivity contribution is 5.53. The van der Waals surface area contributed by atoms with Crippen molar-refractivity contribution >= 4 is 0 Å². The van der Waals surface area contributed by atoms with Crippen molar-refractivity contribution in [3.63, 3.8) is 0 Å². The third-order valence-electron chi connectivity index (χ3n) is 6.51. The minimum Gasteiger partial charge on any atom is -0.504 e. The molecule has 2 heterocycles. The van der Waals surface area contributed by atoms with Crippen molar-refractivity contribution in [2.24, 2.45) is 0 Å². The number of hydrogen-bond donors (Lipinski definition) is 6. The number of phenols is 6. The molecule has 0 saturated heterocycles. The van der Waals surface area contributed by atoms with Gasteiger partial charge in [-0.05, 0) is 83.5 Å². The Kier molecular flexibility index (Phi) is 4.37. The molecule has 0 fully saturated rings. The van der Waals surface area contributed by atoms with Crippen LogP contribution < -0.4 is 0 Å². The fourth-order valence-electron chi connectivity index (χ4n) is 5.00. The molecule has 0 bridgehead atoms. The van der Waals surface area contributed by atoms with Crippen molar-refractivity contribution in [2.75, 3.05) is 6.54 Å². The zero-order valence-corrected chi connectivity index (χ0v) is 16.7. The number of hydrogen-bond acceptors (Lipinski definition) is 7. The fraction of sp³-hybridized carbons (Fsp3) is 0.250. The van der Waals surface area contributed by atoms with Gasteiger partial charge in [0.05, 0.1) is 0 Å². The molecular weight excluding hydrogens is 398 g/mol. The van der Waals surface area contributed by atoms with Crippen LogP contribution in [-0.2, 0) is 19.3 Å². The van der Waals surface area contributed by atoms with Crippen molar-refractivity contribution in [1.82, 2.24) is 4.90 Å². The maximum absolute atomic E-state index is 10.2. The quantitative estimate of drug-likeness (QED) is 0.351. The molecule has 2 atom stereocenters. The Hall–Kier alpha value is -3.58. The van der Waals surface area contributed by atoms with Gasteiger partial charge in [0.1, 0.15) is 0 Å². The van der Waals surface area contributed by atoms with Crippen LogP contribution in [-0.4, -0.2) is 42.1 Å². The lowest BCUT2D eigenvalue weighted by Gasteiger charge is -2.47. The molecule has 0 amide bonds. The minimum atomic E-state index is -0.192. The summed E-state index contributed by atoms with van der Waals surface area (Å²) in [5, 5.41) is 59.9. The molecule has 5 rings (SSSR count). The Morgan fingerprint density at radius 1 is 0.677 bits per heavy atom. The van der Waals surface area contributed by atoms with Gasteiger partial charge in [-0.1, -0.05) is 6.07 Å². The zero-order chi connectivity index (χ0) is 21.9. The van der Waals surface area contributed by atoms with E-state index in [1.54, 1.807) is 30.3 Å². The highest BCUT2D eigenvalue weighted by atomic mass is 16.3. The van der Waals surface area contributed by atoms with Crippen molar-refractivity contribution in [3.05, 3.63) is 70.3 Å². The first kappa shape index (κ1) is 19.4. The van der Waals surface area contributed by atoms with Gasteiger partial charge < -0.3 is 30.6 Å². The minimum absolute atomic E-state index is 0.0811. The predicted molar refractivity (Wildman–Crippen MR) is 113 cm³/mol. The second-order valence-corrected chi connectivity index (χ2v) is 8.33. The van der Waals surface area contributed by atoms with E-state index in [2.05, 4.69) is 4.90 Å². The Bertz CT molecular complexity index is 1190. The second-order valence-electron chi connectivity index (χ2n) is 8.33. The van der Waals surface area contributed by atoms with Gasteiger partial charge in [-0.15, -0.1) is 0 Å². The smallest absolute Gasteiger partial charge is 0.157 e. The van der Waals surface area contributed by atoms with E-state index in [1.165, 1.54) is 12.1 Å². The normalized spacial score (nSPS) is 20.0. The molecule has 31 heavy (non-hydrogen) atoms. The lowest BCUT2D eigenvalue weighted by atomic mass is 9.79. The largest absolute Gasteiger partial charge is 0.504 e. The lowest BCUT2D eigenvalue weighted by Crippen LogP contribution is -2.43. The Labute approximate surface area is 178 Å². The van der Waals surface area contributed by atoms with Crippen LogP contribution in [0.5, 0.6) is 34.5 Å². The van der Waals surface area contributed by atoms with E-state index in [9.17, 15) is 30.6 Å². The molecule has 3 aromatic rings. The van der Waals surface area contributed by atoms with E-state index in [1.807, 2.05) is 0 Å². The summed E-state index contributed by atoms with van der Waals surface area (Å²) in [7, 11) is 0. The van der Waals surface area contributed by atoms with E-state index < -0.39 is 0 Å². The highest BCUT2D eigenvalue weighted by Gasteiger charge is 2.39. The fourth-order valence-corrected chi connectivity index (χ4v) is 5.00. The molecule has 7 nitrogen and oxygen atoms in total. The first-order chi connectivity index (χ1) is 14.8. The van der Waals surface area contributed by atoms with Crippen LogP contribution in [0, 0.1) is 0 Å². The van der Waals surface area contributed by atoms with Crippen LogP contribution in [0.15, 0.2) is 42.5 Å². The van der Waals surface area contributed by atoms with Crippen LogP contribution in [0.4, 0.5) is 0 Å². The first-order valence-corrected chi connectivity index (χ1v) is 10.2. The number of fused-ring (bicyclic) bond motifs is 4. The Morgan fingerprint density at radius 2 is 1.29 bits per heavy atom. The summed E-state index contributed by atoms with van der Waals surface area (Å²) in [5.74, 6) is -1.05. The summed E-state index contributed by atoms with van der Waals surface area (Å²) in [6.07, 6.45) is 1.79. The lowest BCUT2D eigenvalue weighted by molar-refractivity contribution is 0.106. The van der Waals surface area contributed by atoms with E-state index in [0.717, 1.165) is 27.8 Å². The van der Waals surface area contributed by atoms with E-state index in [4.69, 9.17) is 0 Å². The van der Waals surface area contributed by atoms with Crippen LogP contribution >= 0.6 is 0 Å². The van der Waals surface area contributed by atoms with Gasteiger partial charge in [-0.3, -0.25) is 4.90 Å². The van der Waals surface area contributed by atoms with Crippen LogP contribution in [0.25, 0.3) is 0 Å². The molecule has 2 aliphatic rings. The molecule has 3 aromatic carbocycles. The Balaban J connectivity index is 1.62. The monoisotopic (exact) mass is 421 g/mol. The third-order valence-corrected chi connectivity index (χ3v) is 6.51. The van der Waals surface area contributed by atoms with Crippen LogP contribution in [0.1, 0.15) is 39.9 Å². The average molecular weight is 421 g/mol. The number of rotatable bonds is 2. The number of nitrogens with zero attached hydrogens (tertiary/aromatic N) is 1. The van der Waals surface area contributed by atoms with Crippen molar-refractivity contribution in [2.45, 2.75) is 31.3 Å². The van der Waals surface area contributed by atoms with Gasteiger partial charge >= 0.3 is 0 Å². The molecule has 0 radical (unpaired) electrons. The van der Waals surface area contributed by atoms with Gasteiger partial charge in [0, 0.05) is 18.6 Å².